The van der Waals surface area contributed by atoms with Crippen molar-refractivity contribution in [2.24, 2.45) is 0 Å². The lowest BCUT2D eigenvalue weighted by Crippen LogP contribution is -2.44. The third-order valence-corrected chi connectivity index (χ3v) is 5.64. The summed E-state index contributed by atoms with van der Waals surface area (Å²) in [5.41, 5.74) is 2.21. The van der Waals surface area contributed by atoms with Crippen molar-refractivity contribution in [1.82, 2.24) is 4.90 Å². The minimum atomic E-state index is -3.30. The van der Waals surface area contributed by atoms with Gasteiger partial charge in [0.15, 0.2) is 0 Å². The van der Waals surface area contributed by atoms with E-state index in [1.165, 1.54) is 10.6 Å². The molecule has 0 bridgehead atoms. The van der Waals surface area contributed by atoms with Crippen LogP contribution in [0.4, 0.5) is 5.69 Å². The first-order valence-electron chi connectivity index (χ1n) is 7.80. The second-order valence-electron chi connectivity index (χ2n) is 6.39. The molecular weight excluding hydrogens is 316 g/mol. The summed E-state index contributed by atoms with van der Waals surface area (Å²) in [7, 11) is -3.30. The molecule has 0 radical (unpaired) electrons. The van der Waals surface area contributed by atoms with Gasteiger partial charge >= 0.3 is 0 Å². The lowest BCUT2D eigenvalue weighted by Gasteiger charge is -2.31. The lowest BCUT2D eigenvalue weighted by molar-refractivity contribution is -0.0124. The average molecular weight is 338 g/mol. The number of rotatable bonds is 2. The van der Waals surface area contributed by atoms with Crippen molar-refractivity contribution < 1.29 is 17.9 Å². The first kappa shape index (κ1) is 16.3. The zero-order valence-electron chi connectivity index (χ0n) is 13.7. The van der Waals surface area contributed by atoms with Gasteiger partial charge in [-0.15, -0.1) is 0 Å². The molecular formula is C16H22N2O4S. The maximum atomic E-state index is 12.6. The molecule has 2 heterocycles. The van der Waals surface area contributed by atoms with Crippen LogP contribution in [-0.2, 0) is 21.2 Å². The highest BCUT2D eigenvalue weighted by atomic mass is 32.2. The number of hydrogen-bond acceptors (Lipinski definition) is 4. The van der Waals surface area contributed by atoms with Crippen LogP contribution in [0.1, 0.15) is 29.8 Å². The minimum Gasteiger partial charge on any atom is -0.375 e. The molecule has 0 saturated carbocycles. The number of carbonyl (C=O) groups excluding carboxylic acids is 1. The van der Waals surface area contributed by atoms with Crippen LogP contribution in [0.2, 0.25) is 0 Å². The smallest absolute Gasteiger partial charge is 0.254 e. The maximum Gasteiger partial charge on any atom is 0.254 e. The fourth-order valence-corrected chi connectivity index (χ4v) is 4.69. The summed E-state index contributed by atoms with van der Waals surface area (Å²) in [4.78, 5) is 14.4. The molecule has 2 atom stereocenters. The number of morpholine rings is 1. The molecule has 2 aliphatic heterocycles. The molecule has 0 N–H and O–H groups in total. The molecule has 0 spiro atoms. The number of ether oxygens (including phenoxy) is 1. The van der Waals surface area contributed by atoms with Crippen LogP contribution in [0.5, 0.6) is 0 Å². The second-order valence-corrected chi connectivity index (χ2v) is 8.25. The van der Waals surface area contributed by atoms with Crippen LogP contribution in [0, 0.1) is 0 Å². The van der Waals surface area contributed by atoms with E-state index in [0.717, 1.165) is 5.56 Å². The number of amides is 1. The predicted octanol–water partition coefficient (Wildman–Crippen LogP) is 1.26. The molecule has 0 aliphatic carbocycles. The molecule has 23 heavy (non-hydrogen) atoms. The highest BCUT2D eigenvalue weighted by Gasteiger charge is 2.33. The first-order valence-corrected chi connectivity index (χ1v) is 9.65. The monoisotopic (exact) mass is 338 g/mol. The molecule has 1 saturated heterocycles. The van der Waals surface area contributed by atoms with Gasteiger partial charge in [-0.2, -0.15) is 0 Å². The number of anilines is 1. The summed E-state index contributed by atoms with van der Waals surface area (Å²) in [5, 5.41) is 0. The fourth-order valence-electron chi connectivity index (χ4n) is 3.43. The molecule has 126 valence electrons. The Balaban J connectivity index is 1.88. The van der Waals surface area contributed by atoms with E-state index < -0.39 is 10.0 Å². The Morgan fingerprint density at radius 3 is 2.70 bits per heavy atom. The third kappa shape index (κ3) is 3.07. The number of nitrogens with zero attached hydrogens (tertiary/aromatic N) is 2. The molecule has 1 aromatic carbocycles. The Labute approximate surface area is 137 Å². The van der Waals surface area contributed by atoms with Gasteiger partial charge in [0.25, 0.3) is 5.91 Å². The molecule has 0 aromatic heterocycles. The van der Waals surface area contributed by atoms with Gasteiger partial charge in [-0.05, 0) is 44.0 Å². The molecule has 2 aliphatic rings. The SMILES string of the molecule is C[C@H]1CN(C(=O)c2ccc3c(c2)C[C@H](C)N3S(C)(=O)=O)CCO1. The van der Waals surface area contributed by atoms with Crippen LogP contribution in [-0.4, -0.2) is 57.3 Å². The number of hydrogen-bond donors (Lipinski definition) is 0. The molecule has 7 heteroatoms. The van der Waals surface area contributed by atoms with Gasteiger partial charge in [0.05, 0.1) is 24.7 Å². The highest BCUT2D eigenvalue weighted by Crippen LogP contribution is 2.35. The van der Waals surface area contributed by atoms with Crippen LogP contribution in [0.25, 0.3) is 0 Å². The predicted molar refractivity (Wildman–Crippen MR) is 88.2 cm³/mol. The van der Waals surface area contributed by atoms with Crippen molar-refractivity contribution in [3.8, 4) is 0 Å². The van der Waals surface area contributed by atoms with Crippen LogP contribution < -0.4 is 4.31 Å². The van der Waals surface area contributed by atoms with Gasteiger partial charge in [0.2, 0.25) is 10.0 Å². The zero-order chi connectivity index (χ0) is 16.8. The maximum absolute atomic E-state index is 12.6. The van der Waals surface area contributed by atoms with E-state index in [1.54, 1.807) is 17.0 Å². The van der Waals surface area contributed by atoms with Gasteiger partial charge in [-0.1, -0.05) is 0 Å². The first-order chi connectivity index (χ1) is 10.8. The molecule has 1 aromatic rings. The average Bonchev–Trinajstić information content (AvgIpc) is 2.81. The van der Waals surface area contributed by atoms with Crippen molar-refractivity contribution in [2.45, 2.75) is 32.4 Å². The Kier molecular flexibility index (Phi) is 4.10. The van der Waals surface area contributed by atoms with E-state index in [1.807, 2.05) is 19.9 Å². The highest BCUT2D eigenvalue weighted by molar-refractivity contribution is 7.92. The van der Waals surface area contributed by atoms with Crippen LogP contribution >= 0.6 is 0 Å². The molecule has 1 fully saturated rings. The summed E-state index contributed by atoms with van der Waals surface area (Å²) in [6.45, 7) is 5.56. The van der Waals surface area contributed by atoms with E-state index in [0.29, 0.717) is 37.4 Å². The second kappa shape index (κ2) is 5.79. The Bertz CT molecular complexity index is 732. The van der Waals surface area contributed by atoms with Gasteiger partial charge in [-0.25, -0.2) is 8.42 Å². The van der Waals surface area contributed by atoms with Crippen molar-refractivity contribution in [1.29, 1.82) is 0 Å². The van der Waals surface area contributed by atoms with E-state index in [9.17, 15) is 13.2 Å². The number of fused-ring (bicyclic) bond motifs is 1. The van der Waals surface area contributed by atoms with E-state index in [-0.39, 0.29) is 18.1 Å². The largest absolute Gasteiger partial charge is 0.375 e. The number of sulfonamides is 1. The molecule has 1 amide bonds. The standard InChI is InChI=1S/C16H22N2O4S/c1-11-8-14-9-13(4-5-15(14)18(11)23(3,20)21)16(19)17-6-7-22-12(2)10-17/h4-5,9,11-12H,6-8,10H2,1-3H3/t11-,12-/m0/s1. The van der Waals surface area contributed by atoms with Crippen molar-refractivity contribution >= 4 is 21.6 Å². The Morgan fingerprint density at radius 1 is 1.30 bits per heavy atom. The van der Waals surface area contributed by atoms with Crippen LogP contribution in [0.15, 0.2) is 18.2 Å². The van der Waals surface area contributed by atoms with E-state index in [2.05, 4.69) is 0 Å². The topological polar surface area (TPSA) is 66.9 Å². The summed E-state index contributed by atoms with van der Waals surface area (Å²) < 4.78 is 30.8. The molecule has 0 unspecified atom stereocenters. The summed E-state index contributed by atoms with van der Waals surface area (Å²) in [6.07, 6.45) is 1.89. The van der Waals surface area contributed by atoms with Gasteiger partial charge in [0, 0.05) is 24.7 Å². The molecule has 6 nitrogen and oxygen atoms in total. The Hall–Kier alpha value is -1.60. The van der Waals surface area contributed by atoms with Crippen LogP contribution in [0.3, 0.4) is 0 Å². The van der Waals surface area contributed by atoms with E-state index >= 15 is 0 Å². The van der Waals surface area contributed by atoms with Crippen molar-refractivity contribution in [3.63, 3.8) is 0 Å². The molecule has 3 rings (SSSR count). The van der Waals surface area contributed by atoms with Crippen molar-refractivity contribution in [2.75, 3.05) is 30.3 Å². The van der Waals surface area contributed by atoms with Crippen molar-refractivity contribution in [3.05, 3.63) is 29.3 Å². The zero-order valence-corrected chi connectivity index (χ0v) is 14.5. The minimum absolute atomic E-state index is 0.0200. The lowest BCUT2D eigenvalue weighted by atomic mass is 10.1. The summed E-state index contributed by atoms with van der Waals surface area (Å²) >= 11 is 0. The number of benzene rings is 1. The fraction of sp³-hybridized carbons (Fsp3) is 0.562. The van der Waals surface area contributed by atoms with Gasteiger partial charge in [-0.3, -0.25) is 9.10 Å². The third-order valence-electron chi connectivity index (χ3n) is 4.37. The summed E-state index contributed by atoms with van der Waals surface area (Å²) in [6, 6.07) is 5.18. The summed E-state index contributed by atoms with van der Waals surface area (Å²) in [5.74, 6) is -0.0200. The van der Waals surface area contributed by atoms with E-state index in [4.69, 9.17) is 4.74 Å². The number of carbonyl (C=O) groups is 1. The van der Waals surface area contributed by atoms with Gasteiger partial charge in [0.1, 0.15) is 0 Å². The Morgan fingerprint density at radius 2 is 2.04 bits per heavy atom. The van der Waals surface area contributed by atoms with Gasteiger partial charge < -0.3 is 9.64 Å². The normalized spacial score (nSPS) is 24.7. The quantitative estimate of drug-likeness (QED) is 0.814.